The van der Waals surface area contributed by atoms with Crippen molar-refractivity contribution in [3.05, 3.63) is 35.5 Å². The van der Waals surface area contributed by atoms with E-state index in [0.29, 0.717) is 11.6 Å². The summed E-state index contributed by atoms with van der Waals surface area (Å²) in [5.41, 5.74) is 0.940. The quantitative estimate of drug-likeness (QED) is 0.886. The van der Waals surface area contributed by atoms with E-state index in [9.17, 15) is 4.79 Å². The molecule has 0 saturated heterocycles. The summed E-state index contributed by atoms with van der Waals surface area (Å²) in [5, 5.41) is 12.8. The van der Waals surface area contributed by atoms with Crippen LogP contribution in [0.5, 0.6) is 0 Å². The molecular formula is C12H14N4O2. The summed E-state index contributed by atoms with van der Waals surface area (Å²) in [7, 11) is 0. The molecule has 0 unspecified atom stereocenters. The summed E-state index contributed by atoms with van der Waals surface area (Å²) >= 11 is 0. The van der Waals surface area contributed by atoms with Gasteiger partial charge in [0.2, 0.25) is 0 Å². The molecule has 0 aliphatic carbocycles. The van der Waals surface area contributed by atoms with Gasteiger partial charge in [0.25, 0.3) is 0 Å². The van der Waals surface area contributed by atoms with Crippen LogP contribution < -0.4 is 0 Å². The number of rotatable bonds is 4. The van der Waals surface area contributed by atoms with E-state index in [1.807, 2.05) is 13.0 Å². The van der Waals surface area contributed by atoms with Gasteiger partial charge in [-0.2, -0.15) is 5.10 Å². The van der Waals surface area contributed by atoms with Crippen LogP contribution in [0.4, 0.5) is 0 Å². The Morgan fingerprint density at radius 2 is 2.22 bits per heavy atom. The van der Waals surface area contributed by atoms with Crippen molar-refractivity contribution in [2.24, 2.45) is 0 Å². The lowest BCUT2D eigenvalue weighted by Crippen LogP contribution is -2.06. The third-order valence-electron chi connectivity index (χ3n) is 2.43. The molecule has 0 atom stereocenters. The fraction of sp³-hybridized carbons (Fsp3) is 0.333. The van der Waals surface area contributed by atoms with Crippen molar-refractivity contribution in [2.45, 2.75) is 26.7 Å². The average molecular weight is 246 g/mol. The van der Waals surface area contributed by atoms with Crippen LogP contribution in [0.15, 0.2) is 18.3 Å². The number of aromatic nitrogens is 4. The second kappa shape index (κ2) is 4.95. The predicted octanol–water partition coefficient (Wildman–Crippen LogP) is 1.62. The second-order valence-electron chi connectivity index (χ2n) is 3.97. The Labute approximate surface area is 104 Å². The number of aromatic carboxylic acids is 1. The first-order valence-electron chi connectivity index (χ1n) is 5.74. The zero-order chi connectivity index (χ0) is 13.1. The van der Waals surface area contributed by atoms with Crippen molar-refractivity contribution in [3.63, 3.8) is 0 Å². The summed E-state index contributed by atoms with van der Waals surface area (Å²) in [5.74, 6) is 0.204. The fourth-order valence-electron chi connectivity index (χ4n) is 1.68. The first-order chi connectivity index (χ1) is 8.60. The Kier molecular flexibility index (Phi) is 3.36. The van der Waals surface area contributed by atoms with Gasteiger partial charge in [0, 0.05) is 18.0 Å². The van der Waals surface area contributed by atoms with Crippen molar-refractivity contribution in [3.8, 4) is 5.82 Å². The van der Waals surface area contributed by atoms with Gasteiger partial charge in [-0.1, -0.05) is 13.3 Å². The molecule has 2 aromatic rings. The molecule has 0 radical (unpaired) electrons. The number of hydrogen-bond donors (Lipinski definition) is 1. The van der Waals surface area contributed by atoms with E-state index in [2.05, 4.69) is 22.0 Å². The minimum atomic E-state index is -1.05. The van der Waals surface area contributed by atoms with Gasteiger partial charge >= 0.3 is 5.97 Å². The molecule has 2 aromatic heterocycles. The largest absolute Gasteiger partial charge is 0.476 e. The van der Waals surface area contributed by atoms with Crippen LogP contribution in [0.1, 0.15) is 35.4 Å². The lowest BCUT2D eigenvalue weighted by molar-refractivity contribution is 0.0690. The van der Waals surface area contributed by atoms with E-state index in [0.717, 1.165) is 18.5 Å². The molecular weight excluding hydrogens is 232 g/mol. The normalized spacial score (nSPS) is 10.6. The zero-order valence-electron chi connectivity index (χ0n) is 10.3. The average Bonchev–Trinajstić information content (AvgIpc) is 2.78. The third-order valence-corrected chi connectivity index (χ3v) is 2.43. The highest BCUT2D eigenvalue weighted by atomic mass is 16.4. The maximum Gasteiger partial charge on any atom is 0.356 e. The Bertz CT molecular complexity index is 577. The third kappa shape index (κ3) is 2.53. The molecule has 0 saturated carbocycles. The van der Waals surface area contributed by atoms with E-state index in [-0.39, 0.29) is 5.69 Å². The van der Waals surface area contributed by atoms with Gasteiger partial charge in [0.1, 0.15) is 5.82 Å². The Hall–Kier alpha value is -2.24. The van der Waals surface area contributed by atoms with Gasteiger partial charge in [0.05, 0.1) is 0 Å². The SMILES string of the molecule is CCCc1cc(-n2ccc(C(=O)O)n2)nc(C)n1. The second-order valence-corrected chi connectivity index (χ2v) is 3.97. The monoisotopic (exact) mass is 246 g/mol. The van der Waals surface area contributed by atoms with Crippen molar-refractivity contribution < 1.29 is 9.90 Å². The molecule has 6 nitrogen and oxygen atoms in total. The van der Waals surface area contributed by atoms with E-state index in [4.69, 9.17) is 5.11 Å². The van der Waals surface area contributed by atoms with E-state index >= 15 is 0 Å². The number of hydrogen-bond acceptors (Lipinski definition) is 4. The highest BCUT2D eigenvalue weighted by molar-refractivity contribution is 5.85. The van der Waals surface area contributed by atoms with Gasteiger partial charge in [0.15, 0.2) is 11.5 Å². The van der Waals surface area contributed by atoms with Crippen LogP contribution in [0.25, 0.3) is 5.82 Å². The molecule has 0 spiro atoms. The maximum absolute atomic E-state index is 10.8. The van der Waals surface area contributed by atoms with Crippen molar-refractivity contribution >= 4 is 5.97 Å². The lowest BCUT2D eigenvalue weighted by atomic mass is 10.2. The molecule has 1 N–H and O–H groups in total. The van der Waals surface area contributed by atoms with Crippen molar-refractivity contribution in [1.29, 1.82) is 0 Å². The molecule has 0 aliphatic rings. The molecule has 94 valence electrons. The van der Waals surface area contributed by atoms with Gasteiger partial charge in [-0.15, -0.1) is 0 Å². The summed E-state index contributed by atoms with van der Waals surface area (Å²) in [6.07, 6.45) is 3.44. The molecule has 6 heteroatoms. The van der Waals surface area contributed by atoms with Crippen molar-refractivity contribution in [2.75, 3.05) is 0 Å². The number of carbonyl (C=O) groups is 1. The highest BCUT2D eigenvalue weighted by Gasteiger charge is 2.09. The molecule has 0 amide bonds. The van der Waals surface area contributed by atoms with Crippen LogP contribution in [0, 0.1) is 6.92 Å². The topological polar surface area (TPSA) is 80.9 Å². The van der Waals surface area contributed by atoms with E-state index in [1.165, 1.54) is 10.7 Å². The van der Waals surface area contributed by atoms with Gasteiger partial charge < -0.3 is 5.11 Å². The first kappa shape index (κ1) is 12.2. The van der Waals surface area contributed by atoms with Crippen LogP contribution in [-0.2, 0) is 6.42 Å². The molecule has 0 fully saturated rings. The zero-order valence-corrected chi connectivity index (χ0v) is 10.3. The van der Waals surface area contributed by atoms with Crippen LogP contribution in [-0.4, -0.2) is 30.8 Å². The molecule has 2 rings (SSSR count). The summed E-state index contributed by atoms with van der Waals surface area (Å²) in [6.45, 7) is 3.89. The number of aryl methyl sites for hydroxylation is 2. The highest BCUT2D eigenvalue weighted by Crippen LogP contribution is 2.09. The molecule has 0 aliphatic heterocycles. The fourth-order valence-corrected chi connectivity index (χ4v) is 1.68. The van der Waals surface area contributed by atoms with Crippen LogP contribution >= 0.6 is 0 Å². The molecule has 0 aromatic carbocycles. The number of nitrogens with zero attached hydrogens (tertiary/aromatic N) is 4. The van der Waals surface area contributed by atoms with E-state index < -0.39 is 5.97 Å². The first-order valence-corrected chi connectivity index (χ1v) is 5.74. The van der Waals surface area contributed by atoms with Gasteiger partial charge in [-0.3, -0.25) is 0 Å². The summed E-state index contributed by atoms with van der Waals surface area (Å²) < 4.78 is 1.46. The lowest BCUT2D eigenvalue weighted by Gasteiger charge is -2.05. The Morgan fingerprint density at radius 1 is 1.44 bits per heavy atom. The van der Waals surface area contributed by atoms with Gasteiger partial charge in [-0.05, 0) is 19.4 Å². The van der Waals surface area contributed by atoms with E-state index in [1.54, 1.807) is 6.20 Å². The minimum absolute atomic E-state index is 0.00306. The molecule has 18 heavy (non-hydrogen) atoms. The Morgan fingerprint density at radius 3 is 2.83 bits per heavy atom. The number of carboxylic acid groups (broad SMARTS) is 1. The Balaban J connectivity index is 2.39. The van der Waals surface area contributed by atoms with Crippen molar-refractivity contribution in [1.82, 2.24) is 19.7 Å². The summed E-state index contributed by atoms with van der Waals surface area (Å²) in [6, 6.07) is 3.27. The smallest absolute Gasteiger partial charge is 0.356 e. The summed E-state index contributed by atoms with van der Waals surface area (Å²) in [4.78, 5) is 19.4. The standard InChI is InChI=1S/C12H14N4O2/c1-3-4-9-7-11(14-8(2)13-9)16-6-5-10(15-16)12(17)18/h5-7H,3-4H2,1-2H3,(H,17,18). The van der Waals surface area contributed by atoms with Crippen LogP contribution in [0.2, 0.25) is 0 Å². The molecule has 0 bridgehead atoms. The van der Waals surface area contributed by atoms with Crippen LogP contribution in [0.3, 0.4) is 0 Å². The minimum Gasteiger partial charge on any atom is -0.476 e. The van der Waals surface area contributed by atoms with Gasteiger partial charge in [-0.25, -0.2) is 19.4 Å². The predicted molar refractivity (Wildman–Crippen MR) is 64.8 cm³/mol. The molecule has 2 heterocycles. The maximum atomic E-state index is 10.8. The number of carboxylic acids is 1.